The van der Waals surface area contributed by atoms with Gasteiger partial charge in [0.15, 0.2) is 23.1 Å². The van der Waals surface area contributed by atoms with E-state index in [1.807, 2.05) is 72.8 Å². The van der Waals surface area contributed by atoms with E-state index in [1.165, 1.54) is 5.56 Å². The zero-order chi connectivity index (χ0) is 33.7. The fourth-order valence-electron chi connectivity index (χ4n) is 6.97. The average molecular weight is 653 g/mol. The average Bonchev–Trinajstić information content (AvgIpc) is 3.66. The molecule has 0 aliphatic carbocycles. The summed E-state index contributed by atoms with van der Waals surface area (Å²) in [7, 11) is 0. The molecule has 0 bridgehead atoms. The van der Waals surface area contributed by atoms with Crippen molar-refractivity contribution in [3.8, 4) is 56.7 Å². The van der Waals surface area contributed by atoms with Crippen LogP contribution in [0.1, 0.15) is 0 Å². The van der Waals surface area contributed by atoms with Gasteiger partial charge in [-0.2, -0.15) is 0 Å². The Kier molecular flexibility index (Phi) is 6.74. The summed E-state index contributed by atoms with van der Waals surface area (Å²) in [5, 5.41) is 6.59. The van der Waals surface area contributed by atoms with Crippen molar-refractivity contribution in [3.63, 3.8) is 0 Å². The quantitative estimate of drug-likeness (QED) is 0.173. The molecular weight excluding hydrogens is 625 g/mol. The van der Waals surface area contributed by atoms with Crippen molar-refractivity contribution in [2.24, 2.45) is 0 Å². The molecule has 0 saturated carbocycles. The highest BCUT2D eigenvalue weighted by molar-refractivity contribution is 6.26. The zero-order valence-electron chi connectivity index (χ0n) is 27.4. The van der Waals surface area contributed by atoms with E-state index in [-0.39, 0.29) is 0 Å². The predicted octanol–water partition coefficient (Wildman–Crippen LogP) is 11.8. The van der Waals surface area contributed by atoms with Crippen molar-refractivity contribution in [2.75, 3.05) is 0 Å². The topological polar surface area (TPSA) is 64.7 Å². The van der Waals surface area contributed by atoms with Crippen LogP contribution in [-0.4, -0.2) is 19.9 Å². The first-order valence-electron chi connectivity index (χ1n) is 17.0. The number of hydrogen-bond acceptors (Lipinski definition) is 5. The van der Waals surface area contributed by atoms with Crippen molar-refractivity contribution >= 4 is 43.4 Å². The molecule has 8 aromatic carbocycles. The molecule has 10 aromatic rings. The number of fused-ring (bicyclic) bond motifs is 7. The number of benzene rings is 8. The maximum absolute atomic E-state index is 6.56. The highest BCUT2D eigenvalue weighted by Gasteiger charge is 2.17. The van der Waals surface area contributed by atoms with Crippen molar-refractivity contribution in [3.05, 3.63) is 170 Å². The molecule has 0 spiro atoms. The van der Waals surface area contributed by atoms with Gasteiger partial charge in [-0.3, -0.25) is 0 Å². The molecule has 0 atom stereocenters. The molecule has 0 unspecified atom stereocenters. The van der Waals surface area contributed by atoms with Crippen LogP contribution in [0, 0.1) is 0 Å². The maximum atomic E-state index is 6.56. The standard InChI is InChI=1S/C46H28N4O/c1-4-10-29(11-5-1)30-16-23-35(24-17-30)44-48-43(34-12-6-2-7-13-34)49-45(50-44)37-25-19-31-18-20-32-21-22-33-26-27-39-42(41(33)40(32)38(31)28-37)51-46(47-39)36-14-8-3-9-15-36/h1-28H. The van der Waals surface area contributed by atoms with Gasteiger partial charge in [0.05, 0.1) is 0 Å². The Balaban J connectivity index is 1.17. The molecule has 2 heterocycles. The van der Waals surface area contributed by atoms with Gasteiger partial charge in [-0.1, -0.05) is 146 Å². The molecule has 0 saturated heterocycles. The molecule has 5 heteroatoms. The van der Waals surface area contributed by atoms with Gasteiger partial charge in [-0.25, -0.2) is 19.9 Å². The van der Waals surface area contributed by atoms with E-state index >= 15 is 0 Å². The Morgan fingerprint density at radius 2 is 0.784 bits per heavy atom. The van der Waals surface area contributed by atoms with Gasteiger partial charge < -0.3 is 4.42 Å². The molecule has 10 rings (SSSR count). The van der Waals surface area contributed by atoms with Gasteiger partial charge in [-0.15, -0.1) is 0 Å². The Morgan fingerprint density at radius 3 is 1.45 bits per heavy atom. The van der Waals surface area contributed by atoms with Crippen molar-refractivity contribution in [1.29, 1.82) is 0 Å². The summed E-state index contributed by atoms with van der Waals surface area (Å²) in [4.78, 5) is 20.0. The van der Waals surface area contributed by atoms with Crippen LogP contribution in [0.3, 0.4) is 0 Å². The molecule has 0 radical (unpaired) electrons. The fraction of sp³-hybridized carbons (Fsp3) is 0. The first kappa shape index (κ1) is 29.0. The molecule has 0 aliphatic heterocycles. The van der Waals surface area contributed by atoms with Crippen LogP contribution in [0.5, 0.6) is 0 Å². The Bertz CT molecular complexity index is 2880. The third kappa shape index (κ3) is 5.11. The molecule has 0 N–H and O–H groups in total. The smallest absolute Gasteiger partial charge is 0.227 e. The minimum absolute atomic E-state index is 0.610. The van der Waals surface area contributed by atoms with Gasteiger partial charge in [0.25, 0.3) is 0 Å². The number of rotatable bonds is 5. The van der Waals surface area contributed by atoms with Gasteiger partial charge in [0.1, 0.15) is 5.52 Å². The maximum Gasteiger partial charge on any atom is 0.227 e. The third-order valence-corrected chi connectivity index (χ3v) is 9.53. The van der Waals surface area contributed by atoms with E-state index in [1.54, 1.807) is 0 Å². The second-order valence-electron chi connectivity index (χ2n) is 12.7. The second-order valence-corrected chi connectivity index (χ2v) is 12.7. The Morgan fingerprint density at radius 1 is 0.333 bits per heavy atom. The van der Waals surface area contributed by atoms with Crippen molar-refractivity contribution in [2.45, 2.75) is 0 Å². The van der Waals surface area contributed by atoms with E-state index in [9.17, 15) is 0 Å². The largest absolute Gasteiger partial charge is 0.435 e. The Labute approximate surface area is 293 Å². The lowest BCUT2D eigenvalue weighted by Crippen LogP contribution is -2.00. The molecule has 0 amide bonds. The molecule has 238 valence electrons. The summed E-state index contributed by atoms with van der Waals surface area (Å²) < 4.78 is 6.56. The number of nitrogens with zero attached hydrogens (tertiary/aromatic N) is 4. The minimum atomic E-state index is 0.610. The molecule has 0 aliphatic rings. The Hall–Kier alpha value is -6.98. The lowest BCUT2D eigenvalue weighted by Gasteiger charge is -2.12. The van der Waals surface area contributed by atoms with Crippen LogP contribution >= 0.6 is 0 Å². The predicted molar refractivity (Wildman–Crippen MR) is 207 cm³/mol. The highest BCUT2D eigenvalue weighted by Crippen LogP contribution is 2.39. The fourth-order valence-corrected chi connectivity index (χ4v) is 6.97. The van der Waals surface area contributed by atoms with Crippen LogP contribution < -0.4 is 0 Å². The monoisotopic (exact) mass is 652 g/mol. The van der Waals surface area contributed by atoms with E-state index in [0.717, 1.165) is 71.2 Å². The summed E-state index contributed by atoms with van der Waals surface area (Å²) >= 11 is 0. The number of hydrogen-bond donors (Lipinski definition) is 0. The summed E-state index contributed by atoms with van der Waals surface area (Å²) in [5.41, 5.74) is 7.63. The second kappa shape index (κ2) is 11.9. The molecular formula is C46H28N4O. The first-order valence-corrected chi connectivity index (χ1v) is 17.0. The lowest BCUT2D eigenvalue weighted by molar-refractivity contribution is 0.623. The molecule has 51 heavy (non-hydrogen) atoms. The van der Waals surface area contributed by atoms with Crippen LogP contribution in [-0.2, 0) is 0 Å². The van der Waals surface area contributed by atoms with Crippen molar-refractivity contribution < 1.29 is 4.42 Å². The molecule has 5 nitrogen and oxygen atoms in total. The van der Waals surface area contributed by atoms with E-state index < -0.39 is 0 Å². The summed E-state index contributed by atoms with van der Waals surface area (Å²) in [6, 6.07) is 58.2. The number of aromatic nitrogens is 4. The van der Waals surface area contributed by atoms with E-state index in [0.29, 0.717) is 23.4 Å². The van der Waals surface area contributed by atoms with Gasteiger partial charge in [0.2, 0.25) is 5.89 Å². The highest BCUT2D eigenvalue weighted by atomic mass is 16.3. The van der Waals surface area contributed by atoms with Crippen LogP contribution in [0.4, 0.5) is 0 Å². The van der Waals surface area contributed by atoms with Crippen LogP contribution in [0.15, 0.2) is 174 Å². The van der Waals surface area contributed by atoms with Crippen molar-refractivity contribution in [1.82, 2.24) is 19.9 Å². The third-order valence-electron chi connectivity index (χ3n) is 9.53. The normalized spacial score (nSPS) is 11.5. The van der Waals surface area contributed by atoms with E-state index in [2.05, 4.69) is 97.1 Å². The molecule has 2 aromatic heterocycles. The van der Waals surface area contributed by atoms with Gasteiger partial charge in [-0.05, 0) is 56.9 Å². The number of oxazole rings is 1. The van der Waals surface area contributed by atoms with Crippen LogP contribution in [0.2, 0.25) is 0 Å². The van der Waals surface area contributed by atoms with Gasteiger partial charge in [0, 0.05) is 33.0 Å². The molecule has 0 fully saturated rings. The van der Waals surface area contributed by atoms with Crippen LogP contribution in [0.25, 0.3) is 100 Å². The summed E-state index contributed by atoms with van der Waals surface area (Å²) in [5.74, 6) is 2.47. The SMILES string of the molecule is c1ccc(-c2ccc(-c3nc(-c4ccccc4)nc(-c4ccc5ccc6ccc7ccc8nc(-c9ccccc9)oc8c7c6c5c4)n3)cc2)cc1. The zero-order valence-corrected chi connectivity index (χ0v) is 27.4. The summed E-state index contributed by atoms with van der Waals surface area (Å²) in [6.45, 7) is 0. The van der Waals surface area contributed by atoms with Gasteiger partial charge >= 0.3 is 0 Å². The van der Waals surface area contributed by atoms with E-state index in [4.69, 9.17) is 24.4 Å². The summed E-state index contributed by atoms with van der Waals surface area (Å²) in [6.07, 6.45) is 0. The minimum Gasteiger partial charge on any atom is -0.435 e. The lowest BCUT2D eigenvalue weighted by atomic mass is 9.94. The first-order chi connectivity index (χ1) is 25.2.